The molecule has 0 saturated heterocycles. The molecule has 0 spiro atoms. The number of thioether (sulfide) groups is 1. The molecule has 4 nitrogen and oxygen atoms in total. The highest BCUT2D eigenvalue weighted by atomic mass is 32.2. The highest BCUT2D eigenvalue weighted by molar-refractivity contribution is 7.98. The first-order valence-corrected chi connectivity index (χ1v) is 7.71. The molecule has 108 valence electrons. The molecule has 2 aromatic rings. The Balaban J connectivity index is 2.50. The molecule has 0 atom stereocenters. The van der Waals surface area contributed by atoms with Gasteiger partial charge in [-0.25, -0.2) is 0 Å². The predicted octanol–water partition coefficient (Wildman–Crippen LogP) is 2.93. The number of benzene rings is 2. The van der Waals surface area contributed by atoms with Gasteiger partial charge in [-0.05, 0) is 30.5 Å². The fourth-order valence-electron chi connectivity index (χ4n) is 1.89. The molecule has 2 aromatic carbocycles. The third-order valence-electron chi connectivity index (χ3n) is 2.83. The summed E-state index contributed by atoms with van der Waals surface area (Å²) in [5.74, 6) is 0.326. The van der Waals surface area contributed by atoms with E-state index in [2.05, 4.69) is 0 Å². The van der Waals surface area contributed by atoms with Crippen LogP contribution in [-0.2, 0) is 0 Å². The van der Waals surface area contributed by atoms with Crippen LogP contribution in [0.1, 0.15) is 15.9 Å². The molecule has 0 heterocycles. The van der Waals surface area contributed by atoms with Gasteiger partial charge in [-0.1, -0.05) is 30.4 Å². The lowest BCUT2D eigenvalue weighted by atomic mass is 10.1. The van der Waals surface area contributed by atoms with Crippen LogP contribution in [0, 0.1) is 0 Å². The molecule has 2 rings (SSSR count). The first kappa shape index (κ1) is 15.3. The minimum atomic E-state index is -0.552. The van der Waals surface area contributed by atoms with Gasteiger partial charge in [0.15, 0.2) is 0 Å². The third kappa shape index (κ3) is 3.34. The zero-order chi connectivity index (χ0) is 15.4. The summed E-state index contributed by atoms with van der Waals surface area (Å²) in [7, 11) is 0. The normalized spacial score (nSPS) is 10.1. The van der Waals surface area contributed by atoms with E-state index in [0.29, 0.717) is 22.6 Å². The van der Waals surface area contributed by atoms with Crippen molar-refractivity contribution in [2.75, 3.05) is 6.26 Å². The van der Waals surface area contributed by atoms with Crippen LogP contribution in [0.3, 0.4) is 0 Å². The summed E-state index contributed by atoms with van der Waals surface area (Å²) in [5.41, 5.74) is 12.1. The average molecular weight is 318 g/mol. The van der Waals surface area contributed by atoms with Crippen LogP contribution in [0.2, 0.25) is 0 Å². The molecule has 0 aliphatic carbocycles. The molecule has 0 aromatic heterocycles. The highest BCUT2D eigenvalue weighted by Gasteiger charge is 2.15. The summed E-state index contributed by atoms with van der Waals surface area (Å²) < 4.78 is 5.82. The number of hydrogen-bond donors (Lipinski definition) is 2. The largest absolute Gasteiger partial charge is 0.456 e. The predicted molar refractivity (Wildman–Crippen MR) is 89.1 cm³/mol. The van der Waals surface area contributed by atoms with Gasteiger partial charge in [-0.3, -0.25) is 4.79 Å². The van der Waals surface area contributed by atoms with Crippen molar-refractivity contribution in [1.82, 2.24) is 0 Å². The molecule has 6 heteroatoms. The van der Waals surface area contributed by atoms with Crippen LogP contribution >= 0.6 is 24.0 Å². The molecule has 21 heavy (non-hydrogen) atoms. The van der Waals surface area contributed by atoms with Crippen LogP contribution < -0.4 is 16.2 Å². The monoisotopic (exact) mass is 318 g/mol. The van der Waals surface area contributed by atoms with E-state index in [1.54, 1.807) is 30.3 Å². The number of amides is 1. The van der Waals surface area contributed by atoms with Crippen molar-refractivity contribution >= 4 is 34.9 Å². The summed E-state index contributed by atoms with van der Waals surface area (Å²) >= 11 is 6.62. The molecule has 4 N–H and O–H groups in total. The van der Waals surface area contributed by atoms with E-state index in [4.69, 9.17) is 28.4 Å². The number of para-hydroxylation sites is 1. The smallest absolute Gasteiger partial charge is 0.252 e. The van der Waals surface area contributed by atoms with Gasteiger partial charge in [-0.2, -0.15) is 0 Å². The van der Waals surface area contributed by atoms with E-state index < -0.39 is 5.91 Å². The molecular weight excluding hydrogens is 304 g/mol. The van der Waals surface area contributed by atoms with E-state index in [-0.39, 0.29) is 4.99 Å². The first-order valence-electron chi connectivity index (χ1n) is 6.08. The molecule has 0 aliphatic heterocycles. The Labute approximate surface area is 132 Å². The Morgan fingerprint density at radius 1 is 1.10 bits per heavy atom. The number of hydrogen-bond acceptors (Lipinski definition) is 4. The molecule has 0 radical (unpaired) electrons. The van der Waals surface area contributed by atoms with Crippen LogP contribution in [0.15, 0.2) is 47.4 Å². The Hall–Kier alpha value is -2.05. The van der Waals surface area contributed by atoms with E-state index in [0.717, 1.165) is 4.90 Å². The quantitative estimate of drug-likeness (QED) is 0.654. The molecule has 0 unspecified atom stereocenters. The number of thiocarbonyl (C=S) groups is 1. The third-order valence-corrected chi connectivity index (χ3v) is 3.81. The van der Waals surface area contributed by atoms with E-state index in [1.807, 2.05) is 18.4 Å². The van der Waals surface area contributed by atoms with Crippen molar-refractivity contribution < 1.29 is 9.53 Å². The summed E-state index contributed by atoms with van der Waals surface area (Å²) in [5, 5.41) is 0. The van der Waals surface area contributed by atoms with Crippen LogP contribution in [0.4, 0.5) is 0 Å². The second-order valence-electron chi connectivity index (χ2n) is 4.16. The molecule has 0 bridgehead atoms. The number of rotatable bonds is 5. The van der Waals surface area contributed by atoms with Gasteiger partial charge in [0.25, 0.3) is 5.91 Å². The number of nitrogens with two attached hydrogens (primary N) is 2. The topological polar surface area (TPSA) is 78.3 Å². The van der Waals surface area contributed by atoms with E-state index in [1.165, 1.54) is 11.8 Å². The molecule has 0 aliphatic rings. The van der Waals surface area contributed by atoms with E-state index >= 15 is 0 Å². The maximum absolute atomic E-state index is 11.4. The average Bonchev–Trinajstić information content (AvgIpc) is 2.47. The SMILES string of the molecule is CSc1cccc(Oc2ccccc2C(N)=O)c1C(N)=S. The van der Waals surface area contributed by atoms with Gasteiger partial charge < -0.3 is 16.2 Å². The lowest BCUT2D eigenvalue weighted by molar-refractivity contribution is 0.0998. The Morgan fingerprint density at radius 3 is 2.38 bits per heavy atom. The fourth-order valence-corrected chi connectivity index (χ4v) is 2.79. The molecule has 0 saturated carbocycles. The van der Waals surface area contributed by atoms with Crippen molar-refractivity contribution in [3.05, 3.63) is 53.6 Å². The van der Waals surface area contributed by atoms with Gasteiger partial charge in [0.05, 0.1) is 11.1 Å². The van der Waals surface area contributed by atoms with Crippen molar-refractivity contribution in [2.45, 2.75) is 4.90 Å². The van der Waals surface area contributed by atoms with Gasteiger partial charge in [0.2, 0.25) is 0 Å². The minimum absolute atomic E-state index is 0.242. The standard InChI is InChI=1S/C15H14N2O2S2/c1-21-12-8-4-7-11(13(12)15(17)20)19-10-6-3-2-5-9(10)14(16)18/h2-8H,1H3,(H2,16,18)(H2,17,20). The Bertz CT molecular complexity index is 702. The van der Waals surface area contributed by atoms with Crippen LogP contribution in [0.5, 0.6) is 11.5 Å². The lowest BCUT2D eigenvalue weighted by Crippen LogP contribution is -2.14. The molecule has 1 amide bonds. The van der Waals surface area contributed by atoms with Gasteiger partial charge in [0, 0.05) is 4.90 Å². The van der Waals surface area contributed by atoms with Crippen molar-refractivity contribution in [3.8, 4) is 11.5 Å². The number of primary amides is 1. The maximum Gasteiger partial charge on any atom is 0.252 e. The Kier molecular flexibility index (Phi) is 4.82. The zero-order valence-electron chi connectivity index (χ0n) is 11.3. The van der Waals surface area contributed by atoms with Crippen LogP contribution in [-0.4, -0.2) is 17.2 Å². The first-order chi connectivity index (χ1) is 10.0. The summed E-state index contributed by atoms with van der Waals surface area (Å²) in [6.45, 7) is 0. The molecule has 0 fully saturated rings. The second kappa shape index (κ2) is 6.60. The zero-order valence-corrected chi connectivity index (χ0v) is 13.0. The Morgan fingerprint density at radius 2 is 1.76 bits per heavy atom. The summed E-state index contributed by atoms with van der Waals surface area (Å²) in [6, 6.07) is 12.3. The number of carbonyl (C=O) groups excluding carboxylic acids is 1. The van der Waals surface area contributed by atoms with Gasteiger partial charge >= 0.3 is 0 Å². The van der Waals surface area contributed by atoms with Crippen molar-refractivity contribution in [1.29, 1.82) is 0 Å². The molecular formula is C15H14N2O2S2. The van der Waals surface area contributed by atoms with Gasteiger partial charge in [-0.15, -0.1) is 11.8 Å². The number of ether oxygens (including phenoxy) is 1. The highest BCUT2D eigenvalue weighted by Crippen LogP contribution is 2.33. The minimum Gasteiger partial charge on any atom is -0.456 e. The summed E-state index contributed by atoms with van der Waals surface area (Å²) in [4.78, 5) is 12.6. The maximum atomic E-state index is 11.4. The number of carbonyl (C=O) groups is 1. The lowest BCUT2D eigenvalue weighted by Gasteiger charge is -2.14. The van der Waals surface area contributed by atoms with E-state index in [9.17, 15) is 4.79 Å². The fraction of sp³-hybridized carbons (Fsp3) is 0.0667. The second-order valence-corrected chi connectivity index (χ2v) is 5.45. The van der Waals surface area contributed by atoms with Crippen molar-refractivity contribution in [2.24, 2.45) is 11.5 Å². The summed E-state index contributed by atoms with van der Waals surface area (Å²) in [6.07, 6.45) is 1.93. The van der Waals surface area contributed by atoms with Gasteiger partial charge in [0.1, 0.15) is 16.5 Å². The van der Waals surface area contributed by atoms with Crippen molar-refractivity contribution in [3.63, 3.8) is 0 Å². The van der Waals surface area contributed by atoms with Crippen LogP contribution in [0.25, 0.3) is 0 Å².